The first-order valence-electron chi connectivity index (χ1n) is 6.65. The molecule has 0 aliphatic heterocycles. The number of aromatic nitrogens is 1. The summed E-state index contributed by atoms with van der Waals surface area (Å²) in [5.41, 5.74) is 2.13. The normalized spacial score (nSPS) is 10.7. The first-order chi connectivity index (χ1) is 10.0. The van der Waals surface area contributed by atoms with Gasteiger partial charge in [0.25, 0.3) is 0 Å². The highest BCUT2D eigenvalue weighted by molar-refractivity contribution is 5.76. The van der Waals surface area contributed by atoms with E-state index in [4.69, 9.17) is 9.52 Å². The molecule has 1 heterocycles. The minimum Gasteiger partial charge on any atom is -0.481 e. The van der Waals surface area contributed by atoms with E-state index in [1.807, 2.05) is 6.07 Å². The first-order valence-corrected chi connectivity index (χ1v) is 6.65. The van der Waals surface area contributed by atoms with Gasteiger partial charge in [0, 0.05) is 13.0 Å². The number of hydrogen-bond acceptors (Lipinski definition) is 4. The summed E-state index contributed by atoms with van der Waals surface area (Å²) in [5, 5.41) is 11.0. The lowest BCUT2D eigenvalue weighted by Crippen LogP contribution is -2.25. The maximum Gasteiger partial charge on any atom is 0.417 e. The van der Waals surface area contributed by atoms with E-state index < -0.39 is 11.7 Å². The highest BCUT2D eigenvalue weighted by atomic mass is 16.4. The Kier molecular flexibility index (Phi) is 4.76. The van der Waals surface area contributed by atoms with Crippen molar-refractivity contribution in [1.29, 1.82) is 0 Å². The van der Waals surface area contributed by atoms with E-state index in [-0.39, 0.29) is 18.9 Å². The van der Waals surface area contributed by atoms with Crippen molar-refractivity contribution >= 4 is 23.0 Å². The molecule has 0 bridgehead atoms. The molecule has 0 saturated heterocycles. The Morgan fingerprint density at radius 3 is 2.86 bits per heavy atom. The molecule has 1 aromatic carbocycles. The second-order valence-corrected chi connectivity index (χ2v) is 4.69. The third-order valence-electron chi connectivity index (χ3n) is 3.02. The Balaban J connectivity index is 1.77. The van der Waals surface area contributed by atoms with Crippen molar-refractivity contribution in [1.82, 2.24) is 10.3 Å². The summed E-state index contributed by atoms with van der Waals surface area (Å²) in [7, 11) is 0. The van der Waals surface area contributed by atoms with Gasteiger partial charge in [-0.1, -0.05) is 6.07 Å². The number of aliphatic carboxylic acids is 1. The molecule has 0 spiro atoms. The highest BCUT2D eigenvalue weighted by Crippen LogP contribution is 2.14. The van der Waals surface area contributed by atoms with Crippen LogP contribution in [0.2, 0.25) is 0 Å². The minimum atomic E-state index is -0.934. The lowest BCUT2D eigenvalue weighted by Gasteiger charge is -2.03. The van der Waals surface area contributed by atoms with Crippen LogP contribution < -0.4 is 11.1 Å². The molecule has 0 fully saturated rings. The summed E-state index contributed by atoms with van der Waals surface area (Å²) in [5.74, 6) is -1.58. The van der Waals surface area contributed by atoms with E-state index in [9.17, 15) is 14.4 Å². The molecule has 21 heavy (non-hydrogen) atoms. The minimum absolute atomic E-state index is 0.0745. The zero-order chi connectivity index (χ0) is 15.2. The molecule has 1 amide bonds. The van der Waals surface area contributed by atoms with Gasteiger partial charge in [-0.3, -0.25) is 14.6 Å². The van der Waals surface area contributed by atoms with Gasteiger partial charge in [-0.2, -0.15) is 0 Å². The van der Waals surface area contributed by atoms with E-state index >= 15 is 0 Å². The topological polar surface area (TPSA) is 112 Å². The van der Waals surface area contributed by atoms with E-state index in [1.165, 1.54) is 0 Å². The molecule has 0 saturated carbocycles. The summed E-state index contributed by atoms with van der Waals surface area (Å²) < 4.78 is 4.97. The molecular formula is C14H16N2O5. The summed E-state index contributed by atoms with van der Waals surface area (Å²) in [6.07, 6.45) is 1.57. The van der Waals surface area contributed by atoms with Crippen LogP contribution in [0.5, 0.6) is 0 Å². The molecule has 0 aliphatic carbocycles. The molecule has 112 valence electrons. The van der Waals surface area contributed by atoms with Crippen LogP contribution in [-0.4, -0.2) is 28.5 Å². The van der Waals surface area contributed by atoms with Gasteiger partial charge < -0.3 is 14.8 Å². The number of benzene rings is 1. The average molecular weight is 292 g/mol. The molecule has 0 unspecified atom stereocenters. The largest absolute Gasteiger partial charge is 0.481 e. The fraction of sp³-hybridized carbons (Fsp3) is 0.357. The molecule has 7 nitrogen and oxygen atoms in total. The summed E-state index contributed by atoms with van der Waals surface area (Å²) >= 11 is 0. The molecule has 0 radical (unpaired) electrons. The van der Waals surface area contributed by atoms with Gasteiger partial charge in [0.2, 0.25) is 5.91 Å². The fourth-order valence-electron chi connectivity index (χ4n) is 2.00. The number of aromatic amines is 1. The van der Waals surface area contributed by atoms with Gasteiger partial charge in [0.15, 0.2) is 5.58 Å². The number of carbonyl (C=O) groups excluding carboxylic acids is 1. The molecule has 1 aromatic heterocycles. The van der Waals surface area contributed by atoms with Crippen LogP contribution in [0.4, 0.5) is 0 Å². The smallest absolute Gasteiger partial charge is 0.417 e. The lowest BCUT2D eigenvalue weighted by molar-refractivity contribution is -0.136. The summed E-state index contributed by atoms with van der Waals surface area (Å²) in [6.45, 7) is 0.147. The van der Waals surface area contributed by atoms with Gasteiger partial charge in [0.1, 0.15) is 0 Å². The number of amides is 1. The third-order valence-corrected chi connectivity index (χ3v) is 3.02. The number of aryl methyl sites for hydroxylation is 1. The molecule has 0 aliphatic rings. The van der Waals surface area contributed by atoms with Crippen molar-refractivity contribution in [3.8, 4) is 0 Å². The molecule has 2 aromatic rings. The number of carboxylic acids is 1. The first kappa shape index (κ1) is 14.8. The Labute approximate surface area is 120 Å². The monoisotopic (exact) mass is 292 g/mol. The second kappa shape index (κ2) is 6.74. The van der Waals surface area contributed by atoms with Gasteiger partial charge in [-0.15, -0.1) is 0 Å². The Morgan fingerprint density at radius 2 is 2.10 bits per heavy atom. The number of carboxylic acid groups (broad SMARTS) is 1. The van der Waals surface area contributed by atoms with Crippen molar-refractivity contribution in [2.75, 3.05) is 6.54 Å². The SMILES string of the molecule is O=C(O)CCNC(=O)CCCc1ccc2[nH]c(=O)oc2c1. The number of hydrogen-bond donors (Lipinski definition) is 3. The van der Waals surface area contributed by atoms with Crippen molar-refractivity contribution < 1.29 is 19.1 Å². The Hall–Kier alpha value is -2.57. The third kappa shape index (κ3) is 4.48. The zero-order valence-corrected chi connectivity index (χ0v) is 11.3. The van der Waals surface area contributed by atoms with E-state index in [0.717, 1.165) is 5.56 Å². The predicted molar refractivity (Wildman–Crippen MR) is 75.0 cm³/mol. The quantitative estimate of drug-likeness (QED) is 0.705. The highest BCUT2D eigenvalue weighted by Gasteiger charge is 2.05. The molecule has 2 rings (SSSR count). The van der Waals surface area contributed by atoms with E-state index in [2.05, 4.69) is 10.3 Å². The Bertz CT molecular complexity index is 701. The molecule has 7 heteroatoms. The van der Waals surface area contributed by atoms with Crippen LogP contribution in [0.3, 0.4) is 0 Å². The predicted octanol–water partition coefficient (Wildman–Crippen LogP) is 1.03. The van der Waals surface area contributed by atoms with Crippen molar-refractivity contribution in [2.24, 2.45) is 0 Å². The van der Waals surface area contributed by atoms with Crippen LogP contribution in [0.15, 0.2) is 27.4 Å². The number of rotatable bonds is 7. The molecular weight excluding hydrogens is 276 g/mol. The van der Waals surface area contributed by atoms with Crippen LogP contribution in [0, 0.1) is 0 Å². The van der Waals surface area contributed by atoms with Crippen LogP contribution in [0.25, 0.3) is 11.1 Å². The van der Waals surface area contributed by atoms with E-state index in [0.29, 0.717) is 30.4 Å². The number of H-pyrrole nitrogens is 1. The van der Waals surface area contributed by atoms with Gasteiger partial charge in [0.05, 0.1) is 11.9 Å². The number of fused-ring (bicyclic) bond motifs is 1. The van der Waals surface area contributed by atoms with Gasteiger partial charge in [-0.05, 0) is 30.5 Å². The number of carbonyl (C=O) groups is 2. The second-order valence-electron chi connectivity index (χ2n) is 4.69. The summed E-state index contributed by atoms with van der Waals surface area (Å²) in [4.78, 5) is 35.4. The molecule has 0 atom stereocenters. The number of oxazole rings is 1. The number of nitrogens with one attached hydrogen (secondary N) is 2. The average Bonchev–Trinajstić information content (AvgIpc) is 2.77. The van der Waals surface area contributed by atoms with Crippen molar-refractivity contribution in [3.63, 3.8) is 0 Å². The van der Waals surface area contributed by atoms with Crippen LogP contribution in [-0.2, 0) is 16.0 Å². The van der Waals surface area contributed by atoms with E-state index in [1.54, 1.807) is 12.1 Å². The maximum atomic E-state index is 11.5. The molecule has 3 N–H and O–H groups in total. The maximum absolute atomic E-state index is 11.5. The van der Waals surface area contributed by atoms with Gasteiger partial charge >= 0.3 is 11.7 Å². The fourth-order valence-corrected chi connectivity index (χ4v) is 2.00. The standard InChI is InChI=1S/C14H16N2O5/c17-12(15-7-6-13(18)19)3-1-2-9-4-5-10-11(8-9)21-14(20)16-10/h4-5,8H,1-3,6-7H2,(H,15,17)(H,16,20)(H,18,19). The van der Waals surface area contributed by atoms with Crippen LogP contribution >= 0.6 is 0 Å². The van der Waals surface area contributed by atoms with Crippen molar-refractivity contribution in [3.05, 3.63) is 34.3 Å². The van der Waals surface area contributed by atoms with Gasteiger partial charge in [-0.25, -0.2) is 4.79 Å². The zero-order valence-electron chi connectivity index (χ0n) is 11.3. The lowest BCUT2D eigenvalue weighted by atomic mass is 10.1. The van der Waals surface area contributed by atoms with Crippen molar-refractivity contribution in [2.45, 2.75) is 25.7 Å². The van der Waals surface area contributed by atoms with Crippen LogP contribution in [0.1, 0.15) is 24.8 Å². The summed E-state index contributed by atoms with van der Waals surface area (Å²) in [6, 6.07) is 5.41. The Morgan fingerprint density at radius 1 is 1.29 bits per heavy atom.